The van der Waals surface area contributed by atoms with Crippen LogP contribution in [0.3, 0.4) is 0 Å². The molecule has 0 spiro atoms. The minimum atomic E-state index is -0.288. The van der Waals surface area contributed by atoms with Crippen molar-refractivity contribution < 1.29 is 19.7 Å². The van der Waals surface area contributed by atoms with Crippen LogP contribution < -0.4 is 9.47 Å². The number of phenols is 2. The molecule has 0 fully saturated rings. The SMILES string of the molecule is COc1ccc([C@@H]2c3ccc(O)cc3Oc3ncn4nc(-c5cc6ccccc6cc5O)nc4c32)cc1. The van der Waals surface area contributed by atoms with Crippen molar-refractivity contribution in [3.63, 3.8) is 0 Å². The number of ether oxygens (including phenoxy) is 2. The lowest BCUT2D eigenvalue weighted by molar-refractivity contribution is 0.414. The number of rotatable bonds is 3. The van der Waals surface area contributed by atoms with Crippen LogP contribution in [0.1, 0.15) is 22.6 Å². The number of hydrogen-bond donors (Lipinski definition) is 2. The summed E-state index contributed by atoms with van der Waals surface area (Å²) < 4.78 is 13.1. The standard InChI is InChI=1S/C29H20N4O4/c1-36-20-9-6-16(7-10-20)25-21-11-8-19(34)14-24(21)37-29-26(25)28-31-27(32-33(28)15-30-29)22-12-17-4-2-3-5-18(17)13-23(22)35/h2-15,25,34-35H,1H3/t25-/m1/s1. The summed E-state index contributed by atoms with van der Waals surface area (Å²) in [5, 5.41) is 27.4. The summed E-state index contributed by atoms with van der Waals surface area (Å²) in [5.41, 5.74) is 3.67. The lowest BCUT2D eigenvalue weighted by atomic mass is 9.84. The molecule has 8 nitrogen and oxygen atoms in total. The fraction of sp³-hybridized carbons (Fsp3) is 0.0690. The molecule has 1 atom stereocenters. The van der Waals surface area contributed by atoms with Gasteiger partial charge in [-0.25, -0.2) is 14.5 Å². The topological polar surface area (TPSA) is 102 Å². The van der Waals surface area contributed by atoms with Gasteiger partial charge in [0.05, 0.1) is 18.2 Å². The first-order chi connectivity index (χ1) is 18.1. The summed E-state index contributed by atoms with van der Waals surface area (Å²) in [6.45, 7) is 0. The molecule has 180 valence electrons. The van der Waals surface area contributed by atoms with Crippen LogP contribution in [0.5, 0.6) is 28.9 Å². The normalized spacial score (nSPS) is 14.2. The van der Waals surface area contributed by atoms with E-state index in [1.54, 1.807) is 36.2 Å². The smallest absolute Gasteiger partial charge is 0.228 e. The summed E-state index contributed by atoms with van der Waals surface area (Å²) in [5.74, 6) is 1.95. The number of fused-ring (bicyclic) bond motifs is 5. The monoisotopic (exact) mass is 488 g/mol. The van der Waals surface area contributed by atoms with Gasteiger partial charge < -0.3 is 19.7 Å². The van der Waals surface area contributed by atoms with Crippen molar-refractivity contribution in [2.24, 2.45) is 0 Å². The Morgan fingerprint density at radius 1 is 0.919 bits per heavy atom. The van der Waals surface area contributed by atoms with Gasteiger partial charge in [-0.05, 0) is 46.7 Å². The Balaban J connectivity index is 1.46. The van der Waals surface area contributed by atoms with Crippen molar-refractivity contribution in [1.29, 1.82) is 0 Å². The fourth-order valence-electron chi connectivity index (χ4n) is 4.97. The molecule has 0 saturated heterocycles. The number of nitrogens with zero attached hydrogens (tertiary/aromatic N) is 4. The highest BCUT2D eigenvalue weighted by molar-refractivity contribution is 5.89. The first-order valence-corrected chi connectivity index (χ1v) is 11.7. The quantitative estimate of drug-likeness (QED) is 0.331. The average molecular weight is 489 g/mol. The molecule has 1 aliphatic heterocycles. The number of methoxy groups -OCH3 is 1. The van der Waals surface area contributed by atoms with Crippen LogP contribution in [0.4, 0.5) is 0 Å². The second-order valence-corrected chi connectivity index (χ2v) is 8.91. The molecule has 0 amide bonds. The Bertz CT molecular complexity index is 1830. The van der Waals surface area contributed by atoms with Gasteiger partial charge >= 0.3 is 0 Å². The van der Waals surface area contributed by atoms with E-state index in [0.29, 0.717) is 28.7 Å². The van der Waals surface area contributed by atoms with Gasteiger partial charge in [-0.2, -0.15) is 0 Å². The van der Waals surface area contributed by atoms with E-state index in [-0.39, 0.29) is 17.4 Å². The van der Waals surface area contributed by atoms with Gasteiger partial charge in [0.1, 0.15) is 29.3 Å². The molecule has 37 heavy (non-hydrogen) atoms. The van der Waals surface area contributed by atoms with E-state index in [2.05, 4.69) is 10.1 Å². The van der Waals surface area contributed by atoms with E-state index in [0.717, 1.165) is 33.2 Å². The molecule has 0 radical (unpaired) electrons. The van der Waals surface area contributed by atoms with Crippen LogP contribution >= 0.6 is 0 Å². The maximum Gasteiger partial charge on any atom is 0.228 e. The van der Waals surface area contributed by atoms with Crippen molar-refractivity contribution in [2.45, 2.75) is 5.92 Å². The van der Waals surface area contributed by atoms with Crippen LogP contribution in [0.2, 0.25) is 0 Å². The minimum Gasteiger partial charge on any atom is -0.508 e. The predicted octanol–water partition coefficient (Wildman–Crippen LogP) is 5.65. The van der Waals surface area contributed by atoms with E-state index >= 15 is 0 Å². The van der Waals surface area contributed by atoms with Gasteiger partial charge in [0.2, 0.25) is 5.88 Å². The van der Waals surface area contributed by atoms with Crippen LogP contribution in [-0.2, 0) is 0 Å². The van der Waals surface area contributed by atoms with Crippen molar-refractivity contribution in [1.82, 2.24) is 19.6 Å². The third-order valence-corrected chi connectivity index (χ3v) is 6.74. The van der Waals surface area contributed by atoms with Crippen molar-refractivity contribution in [2.75, 3.05) is 7.11 Å². The van der Waals surface area contributed by atoms with Gasteiger partial charge in [-0.3, -0.25) is 0 Å². The van der Waals surface area contributed by atoms with Gasteiger partial charge in [0.25, 0.3) is 0 Å². The Morgan fingerprint density at radius 3 is 2.49 bits per heavy atom. The van der Waals surface area contributed by atoms with Crippen molar-refractivity contribution >= 4 is 16.4 Å². The van der Waals surface area contributed by atoms with Crippen molar-refractivity contribution in [3.8, 4) is 40.3 Å². The first-order valence-electron chi connectivity index (χ1n) is 11.7. The molecule has 7 rings (SSSR count). The molecule has 2 N–H and O–H groups in total. The highest BCUT2D eigenvalue weighted by atomic mass is 16.5. The van der Waals surface area contributed by atoms with E-state index in [1.165, 1.54) is 0 Å². The maximum absolute atomic E-state index is 10.8. The summed E-state index contributed by atoms with van der Waals surface area (Å²) in [6.07, 6.45) is 1.54. The molecular formula is C29H20N4O4. The molecule has 0 saturated carbocycles. The predicted molar refractivity (Wildman–Crippen MR) is 138 cm³/mol. The third kappa shape index (κ3) is 3.34. The largest absolute Gasteiger partial charge is 0.508 e. The zero-order valence-electron chi connectivity index (χ0n) is 19.7. The second-order valence-electron chi connectivity index (χ2n) is 8.91. The van der Waals surface area contributed by atoms with E-state index in [4.69, 9.17) is 14.5 Å². The lowest BCUT2D eigenvalue weighted by Crippen LogP contribution is -2.15. The first kappa shape index (κ1) is 21.2. The third-order valence-electron chi connectivity index (χ3n) is 6.74. The van der Waals surface area contributed by atoms with Gasteiger partial charge in [-0.1, -0.05) is 42.5 Å². The second kappa shape index (κ2) is 7.96. The Hall–Kier alpha value is -5.11. The molecule has 0 bridgehead atoms. The molecule has 0 unspecified atom stereocenters. The number of phenolic OH excluding ortho intramolecular Hbond substituents is 2. The maximum atomic E-state index is 10.8. The van der Waals surface area contributed by atoms with Crippen molar-refractivity contribution in [3.05, 3.63) is 102 Å². The highest BCUT2D eigenvalue weighted by Crippen LogP contribution is 2.49. The minimum absolute atomic E-state index is 0.0974. The van der Waals surface area contributed by atoms with Crippen LogP contribution in [-0.4, -0.2) is 36.9 Å². The Labute approximate surface area is 211 Å². The van der Waals surface area contributed by atoms with E-state index in [1.807, 2.05) is 60.7 Å². The number of benzene rings is 4. The van der Waals surface area contributed by atoms with Crippen LogP contribution in [0.15, 0.2) is 85.2 Å². The summed E-state index contributed by atoms with van der Waals surface area (Å²) in [7, 11) is 1.63. The number of aromatic hydroxyl groups is 2. The van der Waals surface area contributed by atoms with Crippen LogP contribution in [0.25, 0.3) is 27.8 Å². The lowest BCUT2D eigenvalue weighted by Gasteiger charge is -2.28. The van der Waals surface area contributed by atoms with Gasteiger partial charge in [0, 0.05) is 17.5 Å². The molecule has 3 heterocycles. The zero-order chi connectivity index (χ0) is 25.1. The summed E-state index contributed by atoms with van der Waals surface area (Å²) in [4.78, 5) is 9.40. The fourth-order valence-corrected chi connectivity index (χ4v) is 4.97. The molecule has 6 aromatic rings. The molecule has 0 aliphatic carbocycles. The molecular weight excluding hydrogens is 468 g/mol. The van der Waals surface area contributed by atoms with E-state index < -0.39 is 0 Å². The summed E-state index contributed by atoms with van der Waals surface area (Å²) >= 11 is 0. The van der Waals surface area contributed by atoms with Gasteiger partial charge in [-0.15, -0.1) is 5.10 Å². The molecule has 8 heteroatoms. The molecule has 1 aliphatic rings. The van der Waals surface area contributed by atoms with Crippen LogP contribution in [0, 0.1) is 0 Å². The Morgan fingerprint density at radius 2 is 1.70 bits per heavy atom. The molecule has 2 aromatic heterocycles. The average Bonchev–Trinajstić information content (AvgIpc) is 3.36. The summed E-state index contributed by atoms with van der Waals surface area (Å²) in [6, 6.07) is 24.3. The zero-order valence-corrected chi connectivity index (χ0v) is 19.7. The number of hydrogen-bond acceptors (Lipinski definition) is 7. The Kier molecular flexibility index (Phi) is 4.56. The molecule has 4 aromatic carbocycles. The van der Waals surface area contributed by atoms with Gasteiger partial charge in [0.15, 0.2) is 11.5 Å². The number of aromatic nitrogens is 4. The highest BCUT2D eigenvalue weighted by Gasteiger charge is 2.33. The van der Waals surface area contributed by atoms with E-state index in [9.17, 15) is 10.2 Å².